The van der Waals surface area contributed by atoms with Crippen molar-refractivity contribution >= 4 is 17.6 Å². The SMILES string of the molecule is COC(=O)C1=C(C(=O)OC)N(c2ccc(F)cc2)CN(Cc2ccc(OC)cc2)C1. The van der Waals surface area contributed by atoms with Crippen LogP contribution in [0.2, 0.25) is 0 Å². The molecule has 1 aliphatic rings. The minimum atomic E-state index is -0.663. The second-order valence-electron chi connectivity index (χ2n) is 6.69. The van der Waals surface area contributed by atoms with Crippen LogP contribution >= 0.6 is 0 Å². The van der Waals surface area contributed by atoms with Crippen LogP contribution in [0.3, 0.4) is 0 Å². The molecule has 0 radical (unpaired) electrons. The first-order valence-electron chi connectivity index (χ1n) is 9.25. The second kappa shape index (κ2) is 9.41. The molecular formula is C22H23FN2O5. The highest BCUT2D eigenvalue weighted by atomic mass is 19.1. The Morgan fingerprint density at radius 1 is 0.933 bits per heavy atom. The first kappa shape index (κ1) is 21.3. The van der Waals surface area contributed by atoms with Crippen molar-refractivity contribution in [2.24, 2.45) is 0 Å². The van der Waals surface area contributed by atoms with E-state index in [1.165, 1.54) is 26.4 Å². The number of benzene rings is 2. The Labute approximate surface area is 174 Å². The molecule has 0 saturated carbocycles. The first-order valence-corrected chi connectivity index (χ1v) is 9.25. The number of rotatable bonds is 6. The predicted octanol–water partition coefficient (Wildman–Crippen LogP) is 2.71. The fourth-order valence-electron chi connectivity index (χ4n) is 3.32. The quantitative estimate of drug-likeness (QED) is 0.674. The normalized spacial score (nSPS) is 14.5. The van der Waals surface area contributed by atoms with Gasteiger partial charge in [0.15, 0.2) is 0 Å². The zero-order chi connectivity index (χ0) is 21.7. The topological polar surface area (TPSA) is 68.3 Å². The Morgan fingerprint density at radius 2 is 1.57 bits per heavy atom. The van der Waals surface area contributed by atoms with Gasteiger partial charge in [-0.2, -0.15) is 0 Å². The number of carbonyl (C=O) groups excluding carboxylic acids is 2. The molecule has 7 nitrogen and oxygen atoms in total. The molecule has 0 atom stereocenters. The maximum absolute atomic E-state index is 13.4. The minimum Gasteiger partial charge on any atom is -0.497 e. The Kier molecular flexibility index (Phi) is 6.68. The highest BCUT2D eigenvalue weighted by Gasteiger charge is 2.35. The smallest absolute Gasteiger partial charge is 0.355 e. The van der Waals surface area contributed by atoms with Crippen molar-refractivity contribution in [2.75, 3.05) is 39.4 Å². The summed E-state index contributed by atoms with van der Waals surface area (Å²) in [6.45, 7) is 1.00. The van der Waals surface area contributed by atoms with Gasteiger partial charge in [-0.15, -0.1) is 0 Å². The van der Waals surface area contributed by atoms with Gasteiger partial charge in [-0.1, -0.05) is 12.1 Å². The highest BCUT2D eigenvalue weighted by molar-refractivity contribution is 6.03. The van der Waals surface area contributed by atoms with Gasteiger partial charge in [-0.05, 0) is 42.0 Å². The monoisotopic (exact) mass is 414 g/mol. The molecule has 0 saturated heterocycles. The molecule has 158 valence electrons. The van der Waals surface area contributed by atoms with Crippen molar-refractivity contribution in [3.05, 3.63) is 71.2 Å². The molecule has 2 aromatic rings. The standard InChI is InChI=1S/C22H23FN2O5/c1-28-18-10-4-15(5-11-18)12-24-13-19(21(26)29-2)20(22(27)30-3)25(14-24)17-8-6-16(23)7-9-17/h4-11H,12-14H2,1-3H3. The van der Waals surface area contributed by atoms with Crippen LogP contribution in [0.1, 0.15) is 5.56 Å². The third kappa shape index (κ3) is 4.60. The van der Waals surface area contributed by atoms with Crippen LogP contribution in [-0.4, -0.2) is 51.4 Å². The van der Waals surface area contributed by atoms with E-state index in [9.17, 15) is 14.0 Å². The molecular weight excluding hydrogens is 391 g/mol. The van der Waals surface area contributed by atoms with Crippen LogP contribution < -0.4 is 9.64 Å². The van der Waals surface area contributed by atoms with Crippen LogP contribution in [-0.2, 0) is 25.6 Å². The molecule has 0 bridgehead atoms. The summed E-state index contributed by atoms with van der Waals surface area (Å²) in [6.07, 6.45) is 0. The zero-order valence-electron chi connectivity index (χ0n) is 17.1. The number of anilines is 1. The Bertz CT molecular complexity index is 941. The number of halogens is 1. The lowest BCUT2D eigenvalue weighted by molar-refractivity contribution is -0.140. The molecule has 0 spiro atoms. The van der Waals surface area contributed by atoms with Gasteiger partial charge >= 0.3 is 11.9 Å². The molecule has 0 fully saturated rings. The number of carbonyl (C=O) groups is 2. The highest BCUT2D eigenvalue weighted by Crippen LogP contribution is 2.29. The molecule has 0 amide bonds. The van der Waals surface area contributed by atoms with Crippen molar-refractivity contribution in [3.8, 4) is 5.75 Å². The minimum absolute atomic E-state index is 0.0851. The van der Waals surface area contributed by atoms with Crippen molar-refractivity contribution in [1.29, 1.82) is 0 Å². The van der Waals surface area contributed by atoms with Crippen molar-refractivity contribution in [2.45, 2.75) is 6.54 Å². The van der Waals surface area contributed by atoms with Crippen LogP contribution in [0.4, 0.5) is 10.1 Å². The van der Waals surface area contributed by atoms with E-state index in [4.69, 9.17) is 14.2 Å². The van der Waals surface area contributed by atoms with Gasteiger partial charge in [-0.25, -0.2) is 14.0 Å². The average molecular weight is 414 g/mol. The number of hydrogen-bond donors (Lipinski definition) is 0. The molecule has 1 heterocycles. The lowest BCUT2D eigenvalue weighted by Crippen LogP contribution is -2.47. The van der Waals surface area contributed by atoms with E-state index in [1.54, 1.807) is 24.1 Å². The van der Waals surface area contributed by atoms with Gasteiger partial charge < -0.3 is 19.1 Å². The third-order valence-corrected chi connectivity index (χ3v) is 4.79. The van der Waals surface area contributed by atoms with E-state index in [-0.39, 0.29) is 17.8 Å². The van der Waals surface area contributed by atoms with Crippen LogP contribution in [0.15, 0.2) is 59.8 Å². The van der Waals surface area contributed by atoms with E-state index in [0.29, 0.717) is 18.9 Å². The number of hydrogen-bond acceptors (Lipinski definition) is 7. The van der Waals surface area contributed by atoms with E-state index >= 15 is 0 Å². The third-order valence-electron chi connectivity index (χ3n) is 4.79. The largest absolute Gasteiger partial charge is 0.497 e. The molecule has 3 rings (SSSR count). The fourth-order valence-corrected chi connectivity index (χ4v) is 3.32. The molecule has 1 aliphatic heterocycles. The van der Waals surface area contributed by atoms with Gasteiger partial charge in [0, 0.05) is 18.8 Å². The summed E-state index contributed by atoms with van der Waals surface area (Å²) in [4.78, 5) is 28.6. The van der Waals surface area contributed by atoms with Crippen LogP contribution in [0, 0.1) is 5.82 Å². The molecule has 30 heavy (non-hydrogen) atoms. The summed E-state index contributed by atoms with van der Waals surface area (Å²) in [7, 11) is 4.10. The Balaban J connectivity index is 2.00. The summed E-state index contributed by atoms with van der Waals surface area (Å²) >= 11 is 0. The van der Waals surface area contributed by atoms with E-state index in [1.807, 2.05) is 29.2 Å². The Hall–Kier alpha value is -3.39. The summed E-state index contributed by atoms with van der Waals surface area (Å²) in [5, 5.41) is 0. The van der Waals surface area contributed by atoms with Crippen molar-refractivity contribution in [1.82, 2.24) is 4.90 Å². The molecule has 0 unspecified atom stereocenters. The Morgan fingerprint density at radius 3 is 2.13 bits per heavy atom. The molecule has 0 N–H and O–H groups in total. The molecule has 8 heteroatoms. The van der Waals surface area contributed by atoms with Gasteiger partial charge in [0.25, 0.3) is 0 Å². The zero-order valence-corrected chi connectivity index (χ0v) is 17.1. The lowest BCUT2D eigenvalue weighted by Gasteiger charge is -2.38. The van der Waals surface area contributed by atoms with E-state index in [2.05, 4.69) is 0 Å². The van der Waals surface area contributed by atoms with Gasteiger partial charge in [0.2, 0.25) is 0 Å². The summed E-state index contributed by atoms with van der Waals surface area (Å²) < 4.78 is 28.5. The number of ether oxygens (including phenoxy) is 3. The lowest BCUT2D eigenvalue weighted by atomic mass is 10.1. The van der Waals surface area contributed by atoms with Gasteiger partial charge in [-0.3, -0.25) is 4.90 Å². The van der Waals surface area contributed by atoms with Crippen LogP contribution in [0.5, 0.6) is 5.75 Å². The maximum atomic E-state index is 13.4. The maximum Gasteiger partial charge on any atom is 0.355 e. The van der Waals surface area contributed by atoms with Crippen molar-refractivity contribution in [3.63, 3.8) is 0 Å². The molecule has 2 aromatic carbocycles. The number of methoxy groups -OCH3 is 3. The van der Waals surface area contributed by atoms with Crippen LogP contribution in [0.25, 0.3) is 0 Å². The van der Waals surface area contributed by atoms with Gasteiger partial charge in [0.1, 0.15) is 17.3 Å². The second-order valence-corrected chi connectivity index (χ2v) is 6.69. The van der Waals surface area contributed by atoms with E-state index in [0.717, 1.165) is 11.3 Å². The van der Waals surface area contributed by atoms with E-state index < -0.39 is 17.8 Å². The number of nitrogens with zero attached hydrogens (tertiary/aromatic N) is 2. The fraction of sp³-hybridized carbons (Fsp3) is 0.273. The average Bonchev–Trinajstić information content (AvgIpc) is 2.78. The molecule has 0 aromatic heterocycles. The molecule has 0 aliphatic carbocycles. The van der Waals surface area contributed by atoms with Gasteiger partial charge in [0.05, 0.1) is 33.6 Å². The summed E-state index contributed by atoms with van der Waals surface area (Å²) in [6, 6.07) is 13.3. The summed E-state index contributed by atoms with van der Waals surface area (Å²) in [5.41, 5.74) is 1.81. The predicted molar refractivity (Wildman–Crippen MR) is 108 cm³/mol. The summed E-state index contributed by atoms with van der Waals surface area (Å²) in [5.74, 6) is -0.943. The van der Waals surface area contributed by atoms with Crippen molar-refractivity contribution < 1.29 is 28.2 Å². The first-order chi connectivity index (χ1) is 14.5. The number of esters is 2.